The highest BCUT2D eigenvalue weighted by Gasteiger charge is 2.38. The smallest absolute Gasteiger partial charge is 0.328 e. The summed E-state index contributed by atoms with van der Waals surface area (Å²) < 4.78 is 0. The average Bonchev–Trinajstić information content (AvgIpc) is 3.03. The van der Waals surface area contributed by atoms with Crippen molar-refractivity contribution >= 4 is 70.0 Å². The van der Waals surface area contributed by atoms with Gasteiger partial charge < -0.3 is 34.7 Å². The van der Waals surface area contributed by atoms with Crippen molar-refractivity contribution in [2.45, 2.75) is 43.7 Å². The van der Waals surface area contributed by atoms with Crippen molar-refractivity contribution in [3.63, 3.8) is 0 Å². The summed E-state index contributed by atoms with van der Waals surface area (Å²) in [6.07, 6.45) is 2.73. The zero-order valence-electron chi connectivity index (χ0n) is 26.2. The number of likely N-dealkylation sites (tertiary alicyclic amines) is 1. The second kappa shape index (κ2) is 17.0. The van der Waals surface area contributed by atoms with Crippen molar-refractivity contribution < 1.29 is 29.4 Å². The summed E-state index contributed by atoms with van der Waals surface area (Å²) in [5.74, 6) is -1.77. The average molecular weight is 732 g/mol. The number of carboxylic acids is 1. The van der Waals surface area contributed by atoms with Crippen LogP contribution in [0.1, 0.15) is 47.5 Å². The Morgan fingerprint density at radius 1 is 1.02 bits per heavy atom. The number of aliphatic hydroxyl groups is 1. The third-order valence-corrected chi connectivity index (χ3v) is 9.84. The van der Waals surface area contributed by atoms with Crippen LogP contribution in [0.25, 0.3) is 0 Å². The second-order valence-corrected chi connectivity index (χ2v) is 13.4. The first-order chi connectivity index (χ1) is 22.4. The quantitative estimate of drug-likeness (QED) is 0.204. The van der Waals surface area contributed by atoms with Crippen LogP contribution in [0.2, 0.25) is 20.1 Å². The van der Waals surface area contributed by atoms with Gasteiger partial charge in [-0.3, -0.25) is 4.79 Å². The van der Waals surface area contributed by atoms with Gasteiger partial charge in [-0.25, -0.2) is 9.59 Å². The largest absolute Gasteiger partial charge is 0.480 e. The number of aliphatic carboxylic acids is 1. The van der Waals surface area contributed by atoms with Crippen molar-refractivity contribution in [3.8, 4) is 0 Å². The number of carbonyl (C=O) groups excluding carboxylic acids is 2. The Kier molecular flexibility index (Phi) is 13.4. The summed E-state index contributed by atoms with van der Waals surface area (Å²) in [7, 11) is 3.12. The molecule has 0 spiro atoms. The Balaban J connectivity index is 1.46. The summed E-state index contributed by atoms with van der Waals surface area (Å²) in [5.41, 5.74) is 1.83. The molecule has 0 aromatic heterocycles. The molecule has 2 aliphatic heterocycles. The summed E-state index contributed by atoms with van der Waals surface area (Å²) in [6, 6.07) is 8.50. The molecule has 47 heavy (non-hydrogen) atoms. The number of piperidine rings is 1. The highest BCUT2D eigenvalue weighted by Crippen LogP contribution is 2.31. The molecule has 2 atom stereocenters. The van der Waals surface area contributed by atoms with E-state index in [1.807, 2.05) is 6.07 Å². The van der Waals surface area contributed by atoms with Gasteiger partial charge in [0.05, 0.1) is 28.9 Å². The molecular formula is C32H39Cl4N5O6. The number of hydrogen-bond acceptors (Lipinski definition) is 7. The van der Waals surface area contributed by atoms with Crippen molar-refractivity contribution in [1.29, 1.82) is 0 Å². The number of benzene rings is 2. The molecule has 0 radical (unpaired) electrons. The van der Waals surface area contributed by atoms with Crippen LogP contribution in [-0.2, 0) is 9.63 Å². The Hall–Kier alpha value is -2.80. The minimum atomic E-state index is -1.25. The van der Waals surface area contributed by atoms with Gasteiger partial charge in [-0.1, -0.05) is 57.6 Å². The van der Waals surface area contributed by atoms with Gasteiger partial charge in [0.2, 0.25) is 0 Å². The summed E-state index contributed by atoms with van der Waals surface area (Å²) >= 11 is 25.0. The van der Waals surface area contributed by atoms with Gasteiger partial charge in [0.25, 0.3) is 5.91 Å². The second-order valence-electron chi connectivity index (χ2n) is 11.7. The van der Waals surface area contributed by atoms with E-state index in [0.717, 1.165) is 31.5 Å². The number of aliphatic hydroxyl groups excluding tert-OH is 1. The molecule has 1 unspecified atom stereocenters. The minimum absolute atomic E-state index is 0.0224. The van der Waals surface area contributed by atoms with E-state index >= 15 is 0 Å². The zero-order chi connectivity index (χ0) is 34.2. The Morgan fingerprint density at radius 2 is 1.70 bits per heavy atom. The van der Waals surface area contributed by atoms with E-state index in [1.165, 1.54) is 16.9 Å². The Bertz CT molecular complexity index is 1450. The molecule has 4 rings (SSSR count). The number of carbonyl (C=O) groups is 3. The molecule has 3 amide bonds. The number of hydrogen-bond donors (Lipinski definition) is 2. The van der Waals surface area contributed by atoms with Crippen LogP contribution in [0.4, 0.5) is 4.79 Å². The molecule has 2 aromatic rings. The number of oxime groups is 1. The van der Waals surface area contributed by atoms with Gasteiger partial charge in [-0.2, -0.15) is 0 Å². The standard InChI is InChI=1S/C32H39Cl4N5O6/c1-38(30(43)21-14-22(33)17-23(34)15-21)18-28(37-47-2)25(20-4-5-26(35)27(36)16-20)8-13-39-11-6-24(7-12-39)40-9-3-10-41(32(40)46)29(19-42)31(44)45/h4-5,14-17,24-25,29,42H,3,6-13,18-19H2,1-2H3,(H,44,45)/b37-28+/t25-,29?/m1/s1. The molecule has 2 saturated heterocycles. The Morgan fingerprint density at radius 3 is 2.30 bits per heavy atom. The molecule has 15 heteroatoms. The first-order valence-electron chi connectivity index (χ1n) is 15.3. The van der Waals surface area contributed by atoms with E-state index in [0.29, 0.717) is 63.8 Å². The summed E-state index contributed by atoms with van der Waals surface area (Å²) in [5, 5.41) is 24.9. The summed E-state index contributed by atoms with van der Waals surface area (Å²) in [4.78, 5) is 50.3. The van der Waals surface area contributed by atoms with E-state index in [2.05, 4.69) is 10.1 Å². The first-order valence-corrected chi connectivity index (χ1v) is 16.8. The van der Waals surface area contributed by atoms with Crippen molar-refractivity contribution in [1.82, 2.24) is 19.6 Å². The van der Waals surface area contributed by atoms with Crippen LogP contribution >= 0.6 is 46.4 Å². The molecule has 2 N–H and O–H groups in total. The van der Waals surface area contributed by atoms with Gasteiger partial charge in [0, 0.05) is 60.8 Å². The molecule has 0 saturated carbocycles. The normalized spacial score (nSPS) is 17.9. The SMILES string of the molecule is CO/N=C(\CN(C)C(=O)c1cc(Cl)cc(Cl)c1)[C@H](CCN1CCC(N2CCCN(C(CO)C(=O)O)C2=O)CC1)c1ccc(Cl)c(Cl)c1. The van der Waals surface area contributed by atoms with Crippen LogP contribution in [0, 0.1) is 0 Å². The molecule has 2 heterocycles. The molecule has 256 valence electrons. The number of nitrogens with zero attached hydrogens (tertiary/aromatic N) is 5. The van der Waals surface area contributed by atoms with E-state index in [-0.39, 0.29) is 30.4 Å². The molecule has 2 aromatic carbocycles. The van der Waals surface area contributed by atoms with Crippen molar-refractivity contribution in [2.24, 2.45) is 5.16 Å². The minimum Gasteiger partial charge on any atom is -0.480 e. The fraction of sp³-hybridized carbons (Fsp3) is 0.500. The van der Waals surface area contributed by atoms with Gasteiger partial charge >= 0.3 is 12.0 Å². The van der Waals surface area contributed by atoms with Crippen LogP contribution in [0.5, 0.6) is 0 Å². The topological polar surface area (TPSA) is 126 Å². The fourth-order valence-electron chi connectivity index (χ4n) is 6.26. The van der Waals surface area contributed by atoms with Crippen molar-refractivity contribution in [2.75, 3.05) is 60.0 Å². The van der Waals surface area contributed by atoms with Crippen molar-refractivity contribution in [3.05, 3.63) is 67.6 Å². The van der Waals surface area contributed by atoms with Gasteiger partial charge in [0.15, 0.2) is 6.04 Å². The van der Waals surface area contributed by atoms with E-state index in [9.17, 15) is 24.6 Å². The van der Waals surface area contributed by atoms with E-state index in [1.54, 1.807) is 42.3 Å². The third-order valence-electron chi connectivity index (χ3n) is 8.67. The maximum atomic E-state index is 13.3. The van der Waals surface area contributed by atoms with Crippen LogP contribution in [-0.4, -0.2) is 126 Å². The molecule has 2 aliphatic rings. The molecule has 0 aliphatic carbocycles. The number of carboxylic acid groups (broad SMARTS) is 1. The predicted molar refractivity (Wildman–Crippen MR) is 183 cm³/mol. The van der Waals surface area contributed by atoms with Gasteiger partial charge in [-0.15, -0.1) is 0 Å². The lowest BCUT2D eigenvalue weighted by Gasteiger charge is -2.44. The maximum Gasteiger partial charge on any atom is 0.328 e. The number of urea groups is 1. The molecule has 2 fully saturated rings. The lowest BCUT2D eigenvalue weighted by atomic mass is 9.89. The monoisotopic (exact) mass is 729 g/mol. The summed E-state index contributed by atoms with van der Waals surface area (Å²) in [6.45, 7) is 2.55. The highest BCUT2D eigenvalue weighted by atomic mass is 35.5. The third kappa shape index (κ3) is 9.43. The number of rotatable bonds is 13. The molecule has 0 bridgehead atoms. The van der Waals surface area contributed by atoms with E-state index in [4.69, 9.17) is 51.2 Å². The Labute approximate surface area is 294 Å². The zero-order valence-corrected chi connectivity index (χ0v) is 29.3. The number of halogens is 4. The highest BCUT2D eigenvalue weighted by molar-refractivity contribution is 6.42. The van der Waals surface area contributed by atoms with Crippen LogP contribution in [0.3, 0.4) is 0 Å². The van der Waals surface area contributed by atoms with Crippen LogP contribution < -0.4 is 0 Å². The first kappa shape index (κ1) is 37.0. The lowest BCUT2D eigenvalue weighted by Crippen LogP contribution is -2.60. The fourth-order valence-corrected chi connectivity index (χ4v) is 7.09. The number of amides is 3. The van der Waals surface area contributed by atoms with Gasteiger partial charge in [-0.05, 0) is 68.1 Å². The molecule has 11 nitrogen and oxygen atoms in total. The molecular weight excluding hydrogens is 692 g/mol. The predicted octanol–water partition coefficient (Wildman–Crippen LogP) is 5.59. The van der Waals surface area contributed by atoms with E-state index < -0.39 is 18.6 Å². The lowest BCUT2D eigenvalue weighted by molar-refractivity contribution is -0.144. The van der Waals surface area contributed by atoms with Crippen LogP contribution in [0.15, 0.2) is 41.6 Å². The van der Waals surface area contributed by atoms with Gasteiger partial charge in [0.1, 0.15) is 7.11 Å². The maximum absolute atomic E-state index is 13.3.